The number of carbonyl (C=O) groups is 3. The Hall–Kier alpha value is -3.08. The zero-order chi connectivity index (χ0) is 22.7. The number of ether oxygens (including phenoxy) is 1. The highest BCUT2D eigenvalue weighted by molar-refractivity contribution is 7.99. The number of hydrogen-bond donors (Lipinski definition) is 2. The van der Waals surface area contributed by atoms with Crippen molar-refractivity contribution in [3.05, 3.63) is 35.7 Å². The zero-order valence-electron chi connectivity index (χ0n) is 17.9. The van der Waals surface area contributed by atoms with Gasteiger partial charge in [-0.2, -0.15) is 5.01 Å². The first-order chi connectivity index (χ1) is 15.3. The van der Waals surface area contributed by atoms with Gasteiger partial charge in [-0.1, -0.05) is 30.8 Å². The number of benzene rings is 1. The minimum atomic E-state index is -0.900. The second kappa shape index (κ2) is 9.19. The number of rotatable bonds is 7. The van der Waals surface area contributed by atoms with Gasteiger partial charge >= 0.3 is 6.03 Å². The molecule has 0 atom stereocenters. The summed E-state index contributed by atoms with van der Waals surface area (Å²) in [4.78, 5) is 37.4. The van der Waals surface area contributed by atoms with Gasteiger partial charge in [0.05, 0.1) is 5.75 Å². The second-order valence-corrected chi connectivity index (χ2v) is 9.15. The Bertz CT molecular complexity index is 1020. The first kappa shape index (κ1) is 22.1. The number of nitrogens with one attached hydrogen (secondary N) is 2. The number of hydrazine groups is 1. The SMILES string of the molecule is Cc1cccc(OCc2nnc(SCC(=O)NN3C(=O)NC4(CCC(C)CC4)C3=O)o2)c1. The van der Waals surface area contributed by atoms with Gasteiger partial charge < -0.3 is 14.5 Å². The first-order valence-corrected chi connectivity index (χ1v) is 11.4. The predicted molar refractivity (Wildman–Crippen MR) is 114 cm³/mol. The summed E-state index contributed by atoms with van der Waals surface area (Å²) >= 11 is 1.01. The van der Waals surface area contributed by atoms with E-state index in [9.17, 15) is 14.4 Å². The van der Waals surface area contributed by atoms with Crippen molar-refractivity contribution in [2.24, 2.45) is 5.92 Å². The van der Waals surface area contributed by atoms with E-state index in [1.807, 2.05) is 31.2 Å². The number of nitrogens with zero attached hydrogens (tertiary/aromatic N) is 3. The molecule has 170 valence electrons. The summed E-state index contributed by atoms with van der Waals surface area (Å²) in [7, 11) is 0. The molecule has 1 aliphatic carbocycles. The molecule has 32 heavy (non-hydrogen) atoms. The van der Waals surface area contributed by atoms with Gasteiger partial charge in [0.15, 0.2) is 6.61 Å². The molecule has 2 fully saturated rings. The minimum Gasteiger partial charge on any atom is -0.484 e. The molecule has 2 heterocycles. The van der Waals surface area contributed by atoms with Crippen LogP contribution < -0.4 is 15.5 Å². The fraction of sp³-hybridized carbons (Fsp3) is 0.476. The molecule has 0 radical (unpaired) electrons. The van der Waals surface area contributed by atoms with E-state index in [4.69, 9.17) is 9.15 Å². The van der Waals surface area contributed by atoms with Crippen molar-refractivity contribution in [1.82, 2.24) is 25.9 Å². The topological polar surface area (TPSA) is 127 Å². The molecule has 2 aliphatic rings. The lowest BCUT2D eigenvalue weighted by Crippen LogP contribution is -2.51. The van der Waals surface area contributed by atoms with Crippen LogP contribution in [0.3, 0.4) is 0 Å². The van der Waals surface area contributed by atoms with Crippen LogP contribution in [0, 0.1) is 12.8 Å². The summed E-state index contributed by atoms with van der Waals surface area (Å²) < 4.78 is 11.1. The van der Waals surface area contributed by atoms with E-state index in [0.29, 0.717) is 24.5 Å². The molecule has 1 aromatic carbocycles. The molecule has 4 amide bonds. The van der Waals surface area contributed by atoms with Gasteiger partial charge in [-0.25, -0.2) is 4.79 Å². The highest BCUT2D eigenvalue weighted by Gasteiger charge is 2.52. The number of amides is 4. The van der Waals surface area contributed by atoms with Crippen molar-refractivity contribution in [3.63, 3.8) is 0 Å². The molecule has 0 bridgehead atoms. The molecule has 0 unspecified atom stereocenters. The van der Waals surface area contributed by atoms with Crippen LogP contribution in [0.5, 0.6) is 5.75 Å². The van der Waals surface area contributed by atoms with Gasteiger partial charge in [-0.3, -0.25) is 15.0 Å². The highest BCUT2D eigenvalue weighted by Crippen LogP contribution is 2.35. The molecule has 4 rings (SSSR count). The van der Waals surface area contributed by atoms with Crippen molar-refractivity contribution < 1.29 is 23.5 Å². The van der Waals surface area contributed by atoms with Gasteiger partial charge in [0, 0.05) is 0 Å². The van der Waals surface area contributed by atoms with Gasteiger partial charge in [-0.05, 0) is 56.2 Å². The van der Waals surface area contributed by atoms with Crippen LogP contribution in [0.2, 0.25) is 0 Å². The molecular formula is C21H25N5O5S. The van der Waals surface area contributed by atoms with E-state index in [1.165, 1.54) is 0 Å². The Morgan fingerprint density at radius 3 is 2.88 bits per heavy atom. The number of thioether (sulfide) groups is 1. The van der Waals surface area contributed by atoms with E-state index < -0.39 is 23.4 Å². The van der Waals surface area contributed by atoms with Crippen LogP contribution in [0.15, 0.2) is 33.9 Å². The monoisotopic (exact) mass is 459 g/mol. The van der Waals surface area contributed by atoms with Crippen LogP contribution in [0.4, 0.5) is 4.79 Å². The number of imide groups is 1. The normalized spacial score (nSPS) is 22.8. The van der Waals surface area contributed by atoms with Gasteiger partial charge in [-0.15, -0.1) is 10.2 Å². The maximum Gasteiger partial charge on any atom is 0.344 e. The van der Waals surface area contributed by atoms with Gasteiger partial charge in [0.2, 0.25) is 5.91 Å². The van der Waals surface area contributed by atoms with E-state index in [1.54, 1.807) is 0 Å². The molecule has 10 nitrogen and oxygen atoms in total. The minimum absolute atomic E-state index is 0.0958. The molecule has 1 saturated heterocycles. The Morgan fingerprint density at radius 2 is 2.12 bits per heavy atom. The molecule has 1 aliphatic heterocycles. The second-order valence-electron chi connectivity index (χ2n) is 8.23. The Kier molecular flexibility index (Phi) is 6.35. The number of aryl methyl sites for hydroxylation is 1. The summed E-state index contributed by atoms with van der Waals surface area (Å²) in [5.74, 6) is 0.470. The van der Waals surface area contributed by atoms with Gasteiger partial charge in [0.1, 0.15) is 11.3 Å². The Labute approximate surface area is 189 Å². The summed E-state index contributed by atoms with van der Waals surface area (Å²) in [6, 6.07) is 6.98. The third kappa shape index (κ3) is 4.87. The molecule has 11 heteroatoms. The molecular weight excluding hydrogens is 434 g/mol. The van der Waals surface area contributed by atoms with Crippen molar-refractivity contribution in [2.45, 2.75) is 56.9 Å². The average molecular weight is 460 g/mol. The summed E-state index contributed by atoms with van der Waals surface area (Å²) in [6.07, 6.45) is 2.87. The standard InChI is InChI=1S/C21H25N5O5S/c1-13-6-8-21(9-7-13)18(28)26(19(29)22-21)25-16(27)12-32-20-24-23-17(31-20)11-30-15-5-3-4-14(2)10-15/h3-5,10,13H,6-9,11-12H2,1-2H3,(H,22,29)(H,25,27). The highest BCUT2D eigenvalue weighted by atomic mass is 32.2. The van der Waals surface area contributed by atoms with Crippen LogP contribution in [0.25, 0.3) is 0 Å². The van der Waals surface area contributed by atoms with Crippen molar-refractivity contribution in [3.8, 4) is 5.75 Å². The quantitative estimate of drug-likeness (QED) is 0.478. The lowest BCUT2D eigenvalue weighted by atomic mass is 9.77. The smallest absolute Gasteiger partial charge is 0.344 e. The molecule has 1 aromatic heterocycles. The predicted octanol–water partition coefficient (Wildman–Crippen LogP) is 2.58. The van der Waals surface area contributed by atoms with Crippen LogP contribution >= 0.6 is 11.8 Å². The first-order valence-electron chi connectivity index (χ1n) is 10.5. The van der Waals surface area contributed by atoms with E-state index in [0.717, 1.165) is 35.2 Å². The lowest BCUT2D eigenvalue weighted by Gasteiger charge is -2.33. The molecule has 2 aromatic rings. The average Bonchev–Trinajstić information content (AvgIpc) is 3.31. The number of urea groups is 1. The number of carbonyl (C=O) groups excluding carboxylic acids is 3. The van der Waals surface area contributed by atoms with Crippen LogP contribution in [0.1, 0.15) is 44.1 Å². The van der Waals surface area contributed by atoms with Gasteiger partial charge in [0.25, 0.3) is 17.0 Å². The van der Waals surface area contributed by atoms with Crippen LogP contribution in [-0.2, 0) is 16.2 Å². The maximum atomic E-state index is 12.8. The fourth-order valence-electron chi connectivity index (χ4n) is 3.80. The van der Waals surface area contributed by atoms with E-state index in [2.05, 4.69) is 27.9 Å². The van der Waals surface area contributed by atoms with E-state index in [-0.39, 0.29) is 23.5 Å². The third-order valence-electron chi connectivity index (χ3n) is 5.65. The number of hydrogen-bond acceptors (Lipinski definition) is 8. The number of aromatic nitrogens is 2. The van der Waals surface area contributed by atoms with E-state index >= 15 is 0 Å². The molecule has 1 spiro atoms. The lowest BCUT2D eigenvalue weighted by molar-refractivity contribution is -0.139. The molecule has 1 saturated carbocycles. The fourth-order valence-corrected chi connectivity index (χ4v) is 4.38. The summed E-state index contributed by atoms with van der Waals surface area (Å²) in [5.41, 5.74) is 2.56. The van der Waals surface area contributed by atoms with Crippen molar-refractivity contribution in [2.75, 3.05) is 5.75 Å². The third-order valence-corrected chi connectivity index (χ3v) is 6.47. The largest absolute Gasteiger partial charge is 0.484 e. The van der Waals surface area contributed by atoms with Crippen molar-refractivity contribution in [1.29, 1.82) is 0 Å². The Balaban J connectivity index is 1.25. The van der Waals surface area contributed by atoms with Crippen molar-refractivity contribution >= 4 is 29.6 Å². The zero-order valence-corrected chi connectivity index (χ0v) is 18.7. The maximum absolute atomic E-state index is 12.8. The van der Waals surface area contributed by atoms with Crippen LogP contribution in [-0.4, -0.2) is 44.3 Å². The molecule has 2 N–H and O–H groups in total. The summed E-state index contributed by atoms with van der Waals surface area (Å²) in [5, 5.41) is 11.5. The Morgan fingerprint density at radius 1 is 1.34 bits per heavy atom. The summed E-state index contributed by atoms with van der Waals surface area (Å²) in [6.45, 7) is 4.20.